The van der Waals surface area contributed by atoms with Crippen LogP contribution in [0, 0.1) is 0 Å². The van der Waals surface area contributed by atoms with Gasteiger partial charge in [-0.05, 0) is 57.2 Å². The fourth-order valence-corrected chi connectivity index (χ4v) is 3.51. The Bertz CT molecular complexity index is 860. The van der Waals surface area contributed by atoms with Gasteiger partial charge in [0.25, 0.3) is 0 Å². The fraction of sp³-hybridized carbons (Fsp3) is 0.545. The maximum absolute atomic E-state index is 13.0. The summed E-state index contributed by atoms with van der Waals surface area (Å²) < 4.78 is 5.48. The summed E-state index contributed by atoms with van der Waals surface area (Å²) in [5, 5.41) is 18.1. The minimum absolute atomic E-state index is 0.103. The first kappa shape index (κ1) is 24.2. The topological polar surface area (TPSA) is 124 Å². The third kappa shape index (κ3) is 6.70. The van der Waals surface area contributed by atoms with Crippen molar-refractivity contribution in [3.63, 3.8) is 0 Å². The summed E-state index contributed by atoms with van der Waals surface area (Å²) in [7, 11) is 1.57. The van der Waals surface area contributed by atoms with Gasteiger partial charge in [-0.1, -0.05) is 12.1 Å². The molecule has 1 atom stereocenters. The molecule has 2 rings (SSSR count). The zero-order valence-corrected chi connectivity index (χ0v) is 18.4. The quantitative estimate of drug-likeness (QED) is 0.632. The molecule has 2 N–H and O–H groups in total. The minimum atomic E-state index is -1.22. The van der Waals surface area contributed by atoms with Gasteiger partial charge in [-0.2, -0.15) is 0 Å². The number of fused-ring (bicyclic) bond motifs is 1. The Hall–Kier alpha value is -3.10. The molecular weight excluding hydrogens is 404 g/mol. The number of likely N-dealkylation sites (N-methyl/N-ethyl adjacent to an activating group) is 1. The normalized spacial score (nSPS) is 16.5. The number of rotatable bonds is 7. The number of nitrogens with zero attached hydrogens (tertiary/aromatic N) is 2. The average molecular weight is 434 g/mol. The molecule has 0 aliphatic carbocycles. The standard InChI is InChI=1S/C22H30N2O7/c1-22(2,3)31-21(30)24-16-10-9-14(7-5-6-8-18(25)26)11-15(16)13-23(4)20(29)17(24)12-19(27)28/h9-11,17H,5-8,12-13H2,1-4H3,(H,25,26)(H,27,28). The zero-order valence-electron chi connectivity index (χ0n) is 18.4. The second kappa shape index (κ2) is 9.80. The lowest BCUT2D eigenvalue weighted by atomic mass is 10.0. The van der Waals surface area contributed by atoms with E-state index in [0.717, 1.165) is 10.5 Å². The number of hydrogen-bond acceptors (Lipinski definition) is 5. The number of carboxylic acid groups (broad SMARTS) is 2. The van der Waals surface area contributed by atoms with E-state index < -0.39 is 42.0 Å². The molecule has 1 aromatic rings. The van der Waals surface area contributed by atoms with Crippen molar-refractivity contribution in [2.24, 2.45) is 0 Å². The molecule has 0 saturated carbocycles. The summed E-state index contributed by atoms with van der Waals surface area (Å²) in [6, 6.07) is 4.16. The van der Waals surface area contributed by atoms with Crippen molar-refractivity contribution >= 4 is 29.6 Å². The number of aliphatic carboxylic acids is 2. The predicted molar refractivity (Wildman–Crippen MR) is 113 cm³/mol. The first-order valence-electron chi connectivity index (χ1n) is 10.2. The van der Waals surface area contributed by atoms with Gasteiger partial charge in [0.05, 0.1) is 12.1 Å². The summed E-state index contributed by atoms with van der Waals surface area (Å²) in [4.78, 5) is 50.7. The first-order chi connectivity index (χ1) is 14.4. The molecule has 170 valence electrons. The van der Waals surface area contributed by atoms with Crippen LogP contribution in [0.1, 0.15) is 57.6 Å². The van der Waals surface area contributed by atoms with E-state index in [1.807, 2.05) is 12.1 Å². The number of carboxylic acids is 2. The van der Waals surface area contributed by atoms with Crippen LogP contribution in [0.4, 0.5) is 10.5 Å². The Kier molecular flexibility index (Phi) is 7.65. The number of unbranched alkanes of at least 4 members (excludes halogenated alkanes) is 1. The maximum Gasteiger partial charge on any atom is 0.415 e. The van der Waals surface area contributed by atoms with Crippen molar-refractivity contribution < 1.29 is 34.1 Å². The monoisotopic (exact) mass is 434 g/mol. The minimum Gasteiger partial charge on any atom is -0.481 e. The number of ether oxygens (including phenoxy) is 1. The van der Waals surface area contributed by atoms with E-state index in [1.54, 1.807) is 33.9 Å². The van der Waals surface area contributed by atoms with Crippen molar-refractivity contribution in [2.45, 2.75) is 71.1 Å². The lowest BCUT2D eigenvalue weighted by molar-refractivity contribution is -0.141. The Labute approximate surface area is 181 Å². The van der Waals surface area contributed by atoms with Crippen LogP contribution >= 0.6 is 0 Å². The molecule has 0 fully saturated rings. The van der Waals surface area contributed by atoms with E-state index in [1.165, 1.54) is 4.90 Å². The van der Waals surface area contributed by atoms with Gasteiger partial charge in [0.1, 0.15) is 11.6 Å². The number of aryl methyl sites for hydroxylation is 1. The summed E-state index contributed by atoms with van der Waals surface area (Å²) in [6.07, 6.45) is 0.679. The van der Waals surface area contributed by atoms with Crippen molar-refractivity contribution in [2.75, 3.05) is 11.9 Å². The predicted octanol–water partition coefficient (Wildman–Crippen LogP) is 3.04. The Balaban J connectivity index is 2.42. The molecule has 2 amide bonds. The Morgan fingerprint density at radius 2 is 1.81 bits per heavy atom. The molecule has 1 aliphatic heterocycles. The van der Waals surface area contributed by atoms with Gasteiger partial charge in [-0.3, -0.25) is 19.3 Å². The van der Waals surface area contributed by atoms with Crippen LogP contribution in [-0.4, -0.2) is 57.7 Å². The van der Waals surface area contributed by atoms with E-state index in [-0.39, 0.29) is 13.0 Å². The molecule has 0 bridgehead atoms. The van der Waals surface area contributed by atoms with Gasteiger partial charge in [0, 0.05) is 20.0 Å². The highest BCUT2D eigenvalue weighted by molar-refractivity contribution is 6.01. The number of carbonyl (C=O) groups is 4. The van der Waals surface area contributed by atoms with Crippen molar-refractivity contribution in [3.05, 3.63) is 29.3 Å². The van der Waals surface area contributed by atoms with E-state index in [4.69, 9.17) is 9.84 Å². The molecule has 1 unspecified atom stereocenters. The van der Waals surface area contributed by atoms with Gasteiger partial charge in [-0.25, -0.2) is 4.79 Å². The Morgan fingerprint density at radius 3 is 2.39 bits per heavy atom. The Morgan fingerprint density at radius 1 is 1.13 bits per heavy atom. The molecule has 0 radical (unpaired) electrons. The molecule has 0 spiro atoms. The van der Waals surface area contributed by atoms with Crippen LogP contribution in [0.3, 0.4) is 0 Å². The smallest absolute Gasteiger partial charge is 0.415 e. The highest BCUT2D eigenvalue weighted by Crippen LogP contribution is 2.32. The van der Waals surface area contributed by atoms with Gasteiger partial charge in [0.15, 0.2) is 0 Å². The maximum atomic E-state index is 13.0. The van der Waals surface area contributed by atoms with Crippen LogP contribution in [0.2, 0.25) is 0 Å². The summed E-state index contributed by atoms with van der Waals surface area (Å²) >= 11 is 0. The zero-order chi connectivity index (χ0) is 23.3. The first-order valence-corrected chi connectivity index (χ1v) is 10.2. The average Bonchev–Trinajstić information content (AvgIpc) is 2.72. The molecule has 0 saturated heterocycles. The second-order valence-electron chi connectivity index (χ2n) is 8.72. The largest absolute Gasteiger partial charge is 0.481 e. The summed E-state index contributed by atoms with van der Waals surface area (Å²) in [6.45, 7) is 5.31. The lowest BCUT2D eigenvalue weighted by Gasteiger charge is -2.32. The van der Waals surface area contributed by atoms with Crippen LogP contribution in [0.5, 0.6) is 0 Å². The summed E-state index contributed by atoms with van der Waals surface area (Å²) in [5.74, 6) is -2.51. The fourth-order valence-electron chi connectivity index (χ4n) is 3.51. The molecular formula is C22H30N2O7. The number of benzene rings is 1. The van der Waals surface area contributed by atoms with E-state index in [9.17, 15) is 24.3 Å². The van der Waals surface area contributed by atoms with E-state index in [2.05, 4.69) is 0 Å². The highest BCUT2D eigenvalue weighted by Gasteiger charge is 2.40. The van der Waals surface area contributed by atoms with Crippen molar-refractivity contribution in [3.8, 4) is 0 Å². The van der Waals surface area contributed by atoms with Gasteiger partial charge in [0.2, 0.25) is 5.91 Å². The van der Waals surface area contributed by atoms with Crippen LogP contribution in [0.15, 0.2) is 18.2 Å². The van der Waals surface area contributed by atoms with Crippen LogP contribution in [-0.2, 0) is 32.1 Å². The molecule has 9 nitrogen and oxygen atoms in total. The third-order valence-corrected chi connectivity index (χ3v) is 4.85. The molecule has 31 heavy (non-hydrogen) atoms. The number of hydrogen-bond donors (Lipinski definition) is 2. The van der Waals surface area contributed by atoms with Crippen molar-refractivity contribution in [1.29, 1.82) is 0 Å². The molecule has 9 heteroatoms. The third-order valence-electron chi connectivity index (χ3n) is 4.85. The summed E-state index contributed by atoms with van der Waals surface area (Å²) in [5.41, 5.74) is 1.26. The van der Waals surface area contributed by atoms with E-state index in [0.29, 0.717) is 30.5 Å². The van der Waals surface area contributed by atoms with Gasteiger partial charge in [-0.15, -0.1) is 0 Å². The molecule has 0 aromatic heterocycles. The van der Waals surface area contributed by atoms with E-state index >= 15 is 0 Å². The number of carbonyl (C=O) groups excluding carboxylic acids is 2. The van der Waals surface area contributed by atoms with Crippen molar-refractivity contribution in [1.82, 2.24) is 4.90 Å². The SMILES string of the molecule is CN1Cc2cc(CCCCC(=O)O)ccc2N(C(=O)OC(C)(C)C)C(CC(=O)O)C1=O. The molecule has 1 heterocycles. The van der Waals surface area contributed by atoms with Gasteiger partial charge >= 0.3 is 18.0 Å². The molecule has 1 aliphatic rings. The molecule has 1 aromatic carbocycles. The van der Waals surface area contributed by atoms with Crippen LogP contribution in [0.25, 0.3) is 0 Å². The number of amides is 2. The van der Waals surface area contributed by atoms with Crippen LogP contribution < -0.4 is 4.90 Å². The number of anilines is 1. The highest BCUT2D eigenvalue weighted by atomic mass is 16.6. The second-order valence-corrected chi connectivity index (χ2v) is 8.72. The van der Waals surface area contributed by atoms with Gasteiger partial charge < -0.3 is 19.8 Å². The lowest BCUT2D eigenvalue weighted by Crippen LogP contribution is -2.50.